The minimum absolute atomic E-state index is 0.0922. The van der Waals surface area contributed by atoms with Crippen molar-refractivity contribution in [3.8, 4) is 11.1 Å². The predicted octanol–water partition coefficient (Wildman–Crippen LogP) is 5.74. The van der Waals surface area contributed by atoms with E-state index in [1.54, 1.807) is 29.1 Å². The molecule has 0 fully saturated rings. The van der Waals surface area contributed by atoms with Gasteiger partial charge >= 0.3 is 5.97 Å². The number of thiazole rings is 1. The van der Waals surface area contributed by atoms with E-state index < -0.39 is 5.97 Å². The summed E-state index contributed by atoms with van der Waals surface area (Å²) in [7, 11) is 0. The Kier molecular flexibility index (Phi) is 4.77. The van der Waals surface area contributed by atoms with E-state index in [1.165, 1.54) is 22.7 Å². The number of anilines is 1. The zero-order chi connectivity index (χ0) is 19.0. The Morgan fingerprint density at radius 3 is 2.59 bits per heavy atom. The molecule has 0 saturated heterocycles. The van der Waals surface area contributed by atoms with Gasteiger partial charge in [-0.05, 0) is 35.9 Å². The zero-order valence-corrected chi connectivity index (χ0v) is 16.8. The smallest absolute Gasteiger partial charge is 0.339 e. The maximum atomic E-state index is 12.6. The monoisotopic (exact) mass is 458 g/mol. The first-order chi connectivity index (χ1) is 13.0. The van der Waals surface area contributed by atoms with Crippen LogP contribution >= 0.6 is 38.6 Å². The third-order valence-electron chi connectivity index (χ3n) is 3.98. The van der Waals surface area contributed by atoms with Crippen LogP contribution in [0, 0.1) is 0 Å². The Morgan fingerprint density at radius 1 is 1.07 bits per heavy atom. The van der Waals surface area contributed by atoms with Crippen LogP contribution in [-0.2, 0) is 0 Å². The van der Waals surface area contributed by atoms with Gasteiger partial charge in [0.25, 0.3) is 5.91 Å². The Bertz CT molecular complexity index is 1170. The maximum absolute atomic E-state index is 12.6. The number of carbonyl (C=O) groups is 2. The first-order valence-electron chi connectivity index (χ1n) is 7.78. The number of aromatic carboxylic acids is 1. The second-order valence-corrected chi connectivity index (χ2v) is 8.34. The molecule has 4 aromatic rings. The molecule has 1 amide bonds. The molecule has 0 radical (unpaired) electrons. The van der Waals surface area contributed by atoms with Gasteiger partial charge in [-0.25, -0.2) is 9.78 Å². The quantitative estimate of drug-likeness (QED) is 0.408. The number of rotatable bonds is 4. The van der Waals surface area contributed by atoms with Crippen molar-refractivity contribution in [2.45, 2.75) is 0 Å². The fourth-order valence-electron chi connectivity index (χ4n) is 2.68. The molecule has 4 rings (SSSR count). The summed E-state index contributed by atoms with van der Waals surface area (Å²) < 4.78 is 1.81. The molecule has 5 nitrogen and oxygen atoms in total. The van der Waals surface area contributed by atoms with Crippen LogP contribution < -0.4 is 5.32 Å². The van der Waals surface area contributed by atoms with Gasteiger partial charge in [0.05, 0.1) is 15.7 Å². The summed E-state index contributed by atoms with van der Waals surface area (Å²) >= 11 is 6.02. The summed E-state index contributed by atoms with van der Waals surface area (Å²) in [6, 6.07) is 12.6. The Hall–Kier alpha value is -2.55. The zero-order valence-electron chi connectivity index (χ0n) is 13.6. The molecule has 8 heteroatoms. The Balaban J connectivity index is 1.68. The highest BCUT2D eigenvalue weighted by Crippen LogP contribution is 2.36. The third-order valence-corrected chi connectivity index (χ3v) is 6.20. The summed E-state index contributed by atoms with van der Waals surface area (Å²) in [6.07, 6.45) is 0. The molecule has 0 aliphatic carbocycles. The van der Waals surface area contributed by atoms with Crippen LogP contribution in [0.3, 0.4) is 0 Å². The van der Waals surface area contributed by atoms with Gasteiger partial charge in [0.2, 0.25) is 0 Å². The highest BCUT2D eigenvalue weighted by Gasteiger charge is 2.21. The molecule has 2 N–H and O–H groups in total. The second kappa shape index (κ2) is 7.22. The molecule has 0 bridgehead atoms. The number of hydrogen-bond donors (Lipinski definition) is 2. The first kappa shape index (κ1) is 17.8. The molecule has 2 heterocycles. The van der Waals surface area contributed by atoms with Crippen molar-refractivity contribution < 1.29 is 14.7 Å². The van der Waals surface area contributed by atoms with Gasteiger partial charge in [0.1, 0.15) is 10.6 Å². The van der Waals surface area contributed by atoms with E-state index in [0.717, 1.165) is 20.3 Å². The van der Waals surface area contributed by atoms with E-state index in [-0.39, 0.29) is 11.5 Å². The number of aromatic nitrogens is 1. The second-order valence-electron chi connectivity index (χ2n) is 5.65. The van der Waals surface area contributed by atoms with Crippen LogP contribution in [0.2, 0.25) is 0 Å². The number of thiophene rings is 1. The molecule has 27 heavy (non-hydrogen) atoms. The minimum Gasteiger partial charge on any atom is -0.478 e. The van der Waals surface area contributed by atoms with Crippen LogP contribution in [0.1, 0.15) is 20.7 Å². The van der Waals surface area contributed by atoms with Crippen LogP contribution in [0.15, 0.2) is 57.8 Å². The van der Waals surface area contributed by atoms with Crippen LogP contribution in [0.4, 0.5) is 5.00 Å². The summed E-state index contributed by atoms with van der Waals surface area (Å²) in [5.41, 5.74) is 4.46. The normalized spacial score (nSPS) is 10.9. The van der Waals surface area contributed by atoms with E-state index in [2.05, 4.69) is 26.2 Å². The van der Waals surface area contributed by atoms with Crippen molar-refractivity contribution in [1.82, 2.24) is 4.98 Å². The van der Waals surface area contributed by atoms with Crippen molar-refractivity contribution in [2.24, 2.45) is 0 Å². The van der Waals surface area contributed by atoms with Gasteiger partial charge in [0, 0.05) is 21.0 Å². The molecular formula is C19H11BrN2O3S2. The Morgan fingerprint density at radius 2 is 1.85 bits per heavy atom. The SMILES string of the molecule is O=C(Nc1scc(-c2ccc(Br)cc2)c1C(=O)O)c1ccc2ncsc2c1. The highest BCUT2D eigenvalue weighted by atomic mass is 79.9. The van der Waals surface area contributed by atoms with Gasteiger partial charge in [-0.15, -0.1) is 22.7 Å². The lowest BCUT2D eigenvalue weighted by molar-refractivity contribution is 0.0699. The first-order valence-corrected chi connectivity index (χ1v) is 10.3. The number of carboxylic acids is 1. The van der Waals surface area contributed by atoms with Crippen molar-refractivity contribution in [1.29, 1.82) is 0 Å². The number of hydrogen-bond acceptors (Lipinski definition) is 5. The van der Waals surface area contributed by atoms with E-state index in [1.807, 2.05) is 24.3 Å². The summed E-state index contributed by atoms with van der Waals surface area (Å²) in [6.45, 7) is 0. The third kappa shape index (κ3) is 3.51. The summed E-state index contributed by atoms with van der Waals surface area (Å²) in [4.78, 5) is 28.7. The van der Waals surface area contributed by atoms with Gasteiger partial charge in [-0.3, -0.25) is 4.79 Å². The fourth-order valence-corrected chi connectivity index (χ4v) is 4.61. The van der Waals surface area contributed by atoms with Crippen molar-refractivity contribution in [2.75, 3.05) is 5.32 Å². The lowest BCUT2D eigenvalue weighted by atomic mass is 10.0. The number of carboxylic acid groups (broad SMARTS) is 1. The van der Waals surface area contributed by atoms with Gasteiger partial charge in [0.15, 0.2) is 0 Å². The lowest BCUT2D eigenvalue weighted by Gasteiger charge is -2.06. The standard InChI is InChI=1S/C19H11BrN2O3S2/c20-12-4-1-10(2-5-12)13-8-26-18(16(13)19(24)25)22-17(23)11-3-6-14-15(7-11)27-9-21-14/h1-9H,(H,22,23)(H,24,25). The van der Waals surface area contributed by atoms with Gasteiger partial charge in [-0.2, -0.15) is 0 Å². The number of carbonyl (C=O) groups excluding carboxylic acids is 1. The molecule has 0 aliphatic heterocycles. The molecule has 2 aromatic heterocycles. The molecule has 0 spiro atoms. The van der Waals surface area contributed by atoms with Crippen LogP contribution in [0.25, 0.3) is 21.3 Å². The molecule has 0 saturated carbocycles. The van der Waals surface area contributed by atoms with Gasteiger partial charge in [-0.1, -0.05) is 28.1 Å². The number of halogens is 1. The molecular weight excluding hydrogens is 448 g/mol. The molecule has 134 valence electrons. The van der Waals surface area contributed by atoms with E-state index >= 15 is 0 Å². The number of benzene rings is 2. The predicted molar refractivity (Wildman–Crippen MR) is 112 cm³/mol. The van der Waals surface area contributed by atoms with Gasteiger partial charge < -0.3 is 10.4 Å². The van der Waals surface area contributed by atoms with Crippen LogP contribution in [0.5, 0.6) is 0 Å². The average molecular weight is 459 g/mol. The van der Waals surface area contributed by atoms with E-state index in [9.17, 15) is 14.7 Å². The van der Waals surface area contributed by atoms with Crippen molar-refractivity contribution in [3.63, 3.8) is 0 Å². The maximum Gasteiger partial charge on any atom is 0.339 e. The minimum atomic E-state index is -1.08. The van der Waals surface area contributed by atoms with E-state index in [4.69, 9.17) is 0 Å². The number of nitrogens with zero attached hydrogens (tertiary/aromatic N) is 1. The molecule has 2 aromatic carbocycles. The fraction of sp³-hybridized carbons (Fsp3) is 0. The number of amides is 1. The topological polar surface area (TPSA) is 79.3 Å². The van der Waals surface area contributed by atoms with E-state index in [0.29, 0.717) is 16.1 Å². The number of nitrogens with one attached hydrogen (secondary N) is 1. The van der Waals surface area contributed by atoms with Crippen LogP contribution in [-0.4, -0.2) is 22.0 Å². The average Bonchev–Trinajstić information content (AvgIpc) is 3.28. The lowest BCUT2D eigenvalue weighted by Crippen LogP contribution is -2.13. The van der Waals surface area contributed by atoms with Crippen molar-refractivity contribution in [3.05, 3.63) is 69.0 Å². The summed E-state index contributed by atoms with van der Waals surface area (Å²) in [5.74, 6) is -1.43. The largest absolute Gasteiger partial charge is 0.478 e. The molecule has 0 atom stereocenters. The summed E-state index contributed by atoms with van der Waals surface area (Å²) in [5, 5.41) is 14.5. The molecule has 0 aliphatic rings. The highest BCUT2D eigenvalue weighted by molar-refractivity contribution is 9.10. The van der Waals surface area contributed by atoms with Crippen molar-refractivity contribution >= 4 is 65.7 Å². The Labute approximate surface area is 170 Å². The molecule has 0 unspecified atom stereocenters. The number of fused-ring (bicyclic) bond motifs is 1.